The quantitative estimate of drug-likeness (QED) is 0.452. The molecule has 21 heavy (non-hydrogen) atoms. The molecule has 0 spiro atoms. The fraction of sp³-hybridized carbons (Fsp3) is 0.533. The van der Waals surface area contributed by atoms with Crippen LogP contribution in [0.15, 0.2) is 35.3 Å². The SMILES string of the molecule is CN=C(NCc1ccccc1)NCC1CN(C)CCO1.I. The van der Waals surface area contributed by atoms with E-state index < -0.39 is 0 Å². The van der Waals surface area contributed by atoms with Gasteiger partial charge in [0.15, 0.2) is 5.96 Å². The van der Waals surface area contributed by atoms with E-state index in [1.165, 1.54) is 5.56 Å². The number of hydrogen-bond acceptors (Lipinski definition) is 3. The van der Waals surface area contributed by atoms with Gasteiger partial charge in [-0.3, -0.25) is 4.99 Å². The summed E-state index contributed by atoms with van der Waals surface area (Å²) in [6, 6.07) is 10.3. The number of morpholine rings is 1. The molecule has 1 saturated heterocycles. The van der Waals surface area contributed by atoms with Crippen molar-refractivity contribution in [1.29, 1.82) is 0 Å². The molecule has 1 aromatic rings. The van der Waals surface area contributed by atoms with E-state index in [-0.39, 0.29) is 30.1 Å². The van der Waals surface area contributed by atoms with Crippen molar-refractivity contribution >= 4 is 29.9 Å². The van der Waals surface area contributed by atoms with Gasteiger partial charge in [0.2, 0.25) is 0 Å². The number of benzene rings is 1. The number of nitrogens with one attached hydrogen (secondary N) is 2. The number of halogens is 1. The van der Waals surface area contributed by atoms with Crippen molar-refractivity contribution in [3.8, 4) is 0 Å². The van der Waals surface area contributed by atoms with Crippen LogP contribution in [-0.2, 0) is 11.3 Å². The van der Waals surface area contributed by atoms with E-state index in [0.717, 1.165) is 38.7 Å². The molecule has 1 atom stereocenters. The van der Waals surface area contributed by atoms with Crippen molar-refractivity contribution in [1.82, 2.24) is 15.5 Å². The molecule has 1 aromatic carbocycles. The second kappa shape index (κ2) is 9.97. The topological polar surface area (TPSA) is 48.9 Å². The number of nitrogens with zero attached hydrogens (tertiary/aromatic N) is 2. The summed E-state index contributed by atoms with van der Waals surface area (Å²) in [7, 11) is 3.91. The summed E-state index contributed by atoms with van der Waals surface area (Å²) in [5.74, 6) is 0.811. The van der Waals surface area contributed by atoms with Crippen LogP contribution in [0.3, 0.4) is 0 Å². The maximum Gasteiger partial charge on any atom is 0.191 e. The van der Waals surface area contributed by atoms with Crippen LogP contribution in [0.1, 0.15) is 5.56 Å². The first kappa shape index (κ1) is 18.2. The van der Waals surface area contributed by atoms with Crippen molar-refractivity contribution in [2.24, 2.45) is 4.99 Å². The number of rotatable bonds is 4. The van der Waals surface area contributed by atoms with Gasteiger partial charge >= 0.3 is 0 Å². The van der Waals surface area contributed by atoms with E-state index in [2.05, 4.69) is 39.7 Å². The summed E-state index contributed by atoms with van der Waals surface area (Å²) < 4.78 is 5.72. The molecule has 118 valence electrons. The maximum atomic E-state index is 5.72. The highest BCUT2D eigenvalue weighted by Crippen LogP contribution is 2.01. The zero-order valence-electron chi connectivity index (χ0n) is 12.7. The molecule has 1 heterocycles. The van der Waals surface area contributed by atoms with Gasteiger partial charge in [0, 0.05) is 33.2 Å². The van der Waals surface area contributed by atoms with Crippen LogP contribution in [0.4, 0.5) is 0 Å². The van der Waals surface area contributed by atoms with Crippen LogP contribution in [0.2, 0.25) is 0 Å². The number of likely N-dealkylation sites (N-methyl/N-ethyl adjacent to an activating group) is 1. The Bertz CT molecular complexity index is 427. The van der Waals surface area contributed by atoms with Gasteiger partial charge in [0.25, 0.3) is 0 Å². The van der Waals surface area contributed by atoms with E-state index in [1.54, 1.807) is 7.05 Å². The number of hydrogen-bond donors (Lipinski definition) is 2. The Labute approximate surface area is 144 Å². The van der Waals surface area contributed by atoms with Crippen LogP contribution in [-0.4, -0.2) is 57.3 Å². The molecule has 0 aromatic heterocycles. The predicted octanol–water partition coefficient (Wildman–Crippen LogP) is 1.30. The van der Waals surface area contributed by atoms with Crippen molar-refractivity contribution < 1.29 is 4.74 Å². The van der Waals surface area contributed by atoms with E-state index in [4.69, 9.17) is 4.74 Å². The minimum absolute atomic E-state index is 0. The van der Waals surface area contributed by atoms with Gasteiger partial charge in [-0.05, 0) is 12.6 Å². The molecule has 1 unspecified atom stereocenters. The lowest BCUT2D eigenvalue weighted by molar-refractivity contribution is -0.0161. The zero-order valence-corrected chi connectivity index (χ0v) is 15.0. The third-order valence-electron chi connectivity index (χ3n) is 3.37. The molecule has 2 rings (SSSR count). The minimum Gasteiger partial charge on any atom is -0.374 e. The molecule has 0 radical (unpaired) electrons. The second-order valence-electron chi connectivity index (χ2n) is 5.05. The van der Waals surface area contributed by atoms with Gasteiger partial charge in [0.05, 0.1) is 12.7 Å². The van der Waals surface area contributed by atoms with Crippen molar-refractivity contribution in [3.05, 3.63) is 35.9 Å². The van der Waals surface area contributed by atoms with Gasteiger partial charge < -0.3 is 20.3 Å². The second-order valence-corrected chi connectivity index (χ2v) is 5.05. The maximum absolute atomic E-state index is 5.72. The van der Waals surface area contributed by atoms with Crippen molar-refractivity contribution in [3.63, 3.8) is 0 Å². The van der Waals surface area contributed by atoms with E-state index in [1.807, 2.05) is 18.2 Å². The van der Waals surface area contributed by atoms with Gasteiger partial charge in [-0.25, -0.2) is 0 Å². The average molecular weight is 404 g/mol. The molecule has 1 aliphatic heterocycles. The van der Waals surface area contributed by atoms with Crippen LogP contribution in [0.5, 0.6) is 0 Å². The summed E-state index contributed by atoms with van der Waals surface area (Å²) in [5, 5.41) is 6.62. The number of guanidine groups is 1. The lowest BCUT2D eigenvalue weighted by Gasteiger charge is -2.30. The van der Waals surface area contributed by atoms with Crippen molar-refractivity contribution in [2.45, 2.75) is 12.6 Å². The smallest absolute Gasteiger partial charge is 0.191 e. The fourth-order valence-electron chi connectivity index (χ4n) is 2.20. The molecule has 1 aliphatic rings. The third-order valence-corrected chi connectivity index (χ3v) is 3.37. The Morgan fingerprint density at radius 3 is 2.76 bits per heavy atom. The summed E-state index contributed by atoms with van der Waals surface area (Å²) in [4.78, 5) is 6.52. The van der Waals surface area contributed by atoms with E-state index >= 15 is 0 Å². The minimum atomic E-state index is 0. The first-order chi connectivity index (χ1) is 9.78. The first-order valence-electron chi connectivity index (χ1n) is 7.06. The number of aliphatic imine (C=N–C) groups is 1. The highest BCUT2D eigenvalue weighted by atomic mass is 127. The van der Waals surface area contributed by atoms with E-state index in [0.29, 0.717) is 0 Å². The monoisotopic (exact) mass is 404 g/mol. The lowest BCUT2D eigenvalue weighted by Crippen LogP contribution is -2.48. The van der Waals surface area contributed by atoms with Crippen LogP contribution < -0.4 is 10.6 Å². The molecular weight excluding hydrogens is 379 g/mol. The number of ether oxygens (including phenoxy) is 1. The average Bonchev–Trinajstić information content (AvgIpc) is 2.48. The fourth-order valence-corrected chi connectivity index (χ4v) is 2.20. The van der Waals surface area contributed by atoms with Gasteiger partial charge in [0.1, 0.15) is 0 Å². The molecule has 6 heteroatoms. The lowest BCUT2D eigenvalue weighted by atomic mass is 10.2. The summed E-state index contributed by atoms with van der Waals surface area (Å²) >= 11 is 0. The largest absolute Gasteiger partial charge is 0.374 e. The normalized spacial score (nSPS) is 19.7. The zero-order chi connectivity index (χ0) is 14.2. The van der Waals surface area contributed by atoms with Crippen LogP contribution in [0.25, 0.3) is 0 Å². The Kier molecular flexibility index (Phi) is 8.63. The van der Waals surface area contributed by atoms with Crippen LogP contribution in [0, 0.1) is 0 Å². The molecule has 0 aliphatic carbocycles. The standard InChI is InChI=1S/C15H24N4O.HI/c1-16-15(17-10-13-6-4-3-5-7-13)18-11-14-12-19(2)8-9-20-14;/h3-7,14H,8-12H2,1-2H3,(H2,16,17,18);1H. The summed E-state index contributed by atoms with van der Waals surface area (Å²) in [6.45, 7) is 4.32. The molecule has 1 fully saturated rings. The Balaban J connectivity index is 0.00000220. The van der Waals surface area contributed by atoms with Crippen molar-refractivity contribution in [2.75, 3.05) is 40.3 Å². The molecule has 0 bridgehead atoms. The first-order valence-corrected chi connectivity index (χ1v) is 7.06. The van der Waals surface area contributed by atoms with Gasteiger partial charge in [-0.1, -0.05) is 30.3 Å². The summed E-state index contributed by atoms with van der Waals surface area (Å²) in [5.41, 5.74) is 1.24. The van der Waals surface area contributed by atoms with Crippen LogP contribution >= 0.6 is 24.0 Å². The molecule has 0 saturated carbocycles. The third kappa shape index (κ3) is 6.62. The summed E-state index contributed by atoms with van der Waals surface area (Å²) in [6.07, 6.45) is 0.226. The molecule has 5 nitrogen and oxygen atoms in total. The molecule has 2 N–H and O–H groups in total. The highest BCUT2D eigenvalue weighted by molar-refractivity contribution is 14.0. The predicted molar refractivity (Wildman–Crippen MR) is 97.3 cm³/mol. The Hall–Kier alpha value is -0.860. The highest BCUT2D eigenvalue weighted by Gasteiger charge is 2.17. The molecule has 0 amide bonds. The van der Waals surface area contributed by atoms with E-state index in [9.17, 15) is 0 Å². The Morgan fingerprint density at radius 1 is 1.33 bits per heavy atom. The van der Waals surface area contributed by atoms with Gasteiger partial charge in [-0.15, -0.1) is 24.0 Å². The van der Waals surface area contributed by atoms with Gasteiger partial charge in [-0.2, -0.15) is 0 Å². The Morgan fingerprint density at radius 2 is 2.10 bits per heavy atom. The molecular formula is C15H25IN4O.